The Morgan fingerprint density at radius 3 is 1.57 bits per heavy atom. The molecule has 2 unspecified atom stereocenters. The monoisotopic (exact) mass is 666 g/mol. The van der Waals surface area contributed by atoms with Crippen molar-refractivity contribution < 1.29 is 24.5 Å². The van der Waals surface area contributed by atoms with E-state index in [2.05, 4.69) is 31.3 Å². The summed E-state index contributed by atoms with van der Waals surface area (Å²) in [4.78, 5) is 24.3. The molecule has 47 heavy (non-hydrogen) atoms. The second-order valence-electron chi connectivity index (χ2n) is 14.0. The summed E-state index contributed by atoms with van der Waals surface area (Å²) >= 11 is 0. The zero-order valence-electron chi connectivity index (χ0n) is 31.3. The number of aliphatic hydroxyl groups excluding tert-OH is 2. The maximum Gasteiger partial charge on any atom is 0.305 e. The number of carbonyl (C=O) groups is 2. The molecular weight excluding hydrogens is 586 g/mol. The number of carbonyl (C=O) groups excluding carboxylic acids is 2. The number of aliphatic hydroxyl groups is 2. The molecule has 0 spiro atoms. The number of hydrogen-bond donors (Lipinski definition) is 3. The third-order valence-electron chi connectivity index (χ3n) is 9.31. The van der Waals surface area contributed by atoms with Crippen LogP contribution in [0.25, 0.3) is 0 Å². The molecule has 3 N–H and O–H groups in total. The minimum absolute atomic E-state index is 0.0310. The standard InChI is InChI=1S/C41H79NO5/c1-3-5-7-9-11-13-14-19-23-27-31-35-41(46)47-36-32-28-24-20-16-15-18-22-26-30-34-40(45)42-38(37-43)39(44)33-29-25-21-17-12-10-8-6-4-2/h9,11,38-39,43-44H,3-8,10,12-37H2,1-2H3,(H,42,45)/b11-9-. The van der Waals surface area contributed by atoms with E-state index in [1.807, 2.05) is 0 Å². The van der Waals surface area contributed by atoms with E-state index < -0.39 is 12.1 Å². The van der Waals surface area contributed by atoms with Gasteiger partial charge in [0.05, 0.1) is 25.4 Å². The van der Waals surface area contributed by atoms with Gasteiger partial charge >= 0.3 is 5.97 Å². The molecule has 278 valence electrons. The first-order valence-corrected chi connectivity index (χ1v) is 20.4. The molecule has 0 aromatic rings. The average Bonchev–Trinajstić information content (AvgIpc) is 3.07. The van der Waals surface area contributed by atoms with Crippen LogP contribution in [-0.2, 0) is 14.3 Å². The van der Waals surface area contributed by atoms with Crippen LogP contribution in [0, 0.1) is 0 Å². The number of amides is 1. The van der Waals surface area contributed by atoms with Crippen LogP contribution in [0.2, 0.25) is 0 Å². The molecule has 0 aliphatic carbocycles. The molecule has 0 radical (unpaired) electrons. The van der Waals surface area contributed by atoms with Crippen molar-refractivity contribution in [3.05, 3.63) is 12.2 Å². The van der Waals surface area contributed by atoms with E-state index in [4.69, 9.17) is 4.74 Å². The van der Waals surface area contributed by atoms with Crippen molar-refractivity contribution in [2.45, 2.75) is 225 Å². The molecule has 0 aromatic carbocycles. The second-order valence-corrected chi connectivity index (χ2v) is 14.0. The maximum atomic E-state index is 12.3. The van der Waals surface area contributed by atoms with Crippen molar-refractivity contribution in [3.63, 3.8) is 0 Å². The summed E-state index contributed by atoms with van der Waals surface area (Å²) in [5.74, 6) is -0.0931. The van der Waals surface area contributed by atoms with Crippen LogP contribution in [0.1, 0.15) is 213 Å². The van der Waals surface area contributed by atoms with E-state index in [-0.39, 0.29) is 18.5 Å². The Morgan fingerprint density at radius 2 is 1.02 bits per heavy atom. The van der Waals surface area contributed by atoms with Gasteiger partial charge in [-0.15, -0.1) is 0 Å². The highest BCUT2D eigenvalue weighted by molar-refractivity contribution is 5.76. The van der Waals surface area contributed by atoms with Crippen LogP contribution in [0.5, 0.6) is 0 Å². The molecule has 0 aliphatic heterocycles. The van der Waals surface area contributed by atoms with Gasteiger partial charge in [0.25, 0.3) is 0 Å². The number of rotatable bonds is 37. The normalized spacial score (nSPS) is 12.9. The van der Waals surface area contributed by atoms with Gasteiger partial charge < -0.3 is 20.3 Å². The molecule has 0 bridgehead atoms. The van der Waals surface area contributed by atoms with Crippen molar-refractivity contribution in [1.29, 1.82) is 0 Å². The number of esters is 1. The lowest BCUT2D eigenvalue weighted by Crippen LogP contribution is -2.45. The number of ether oxygens (including phenoxy) is 1. The summed E-state index contributed by atoms with van der Waals surface area (Å²) in [6, 6.07) is -0.554. The number of allylic oxidation sites excluding steroid dienone is 2. The molecule has 0 saturated heterocycles. The smallest absolute Gasteiger partial charge is 0.305 e. The largest absolute Gasteiger partial charge is 0.466 e. The second kappa shape index (κ2) is 37.4. The fourth-order valence-electron chi connectivity index (χ4n) is 6.09. The minimum atomic E-state index is -0.675. The van der Waals surface area contributed by atoms with Gasteiger partial charge in [-0.3, -0.25) is 9.59 Å². The van der Waals surface area contributed by atoms with Crippen LogP contribution in [0.4, 0.5) is 0 Å². The zero-order chi connectivity index (χ0) is 34.5. The van der Waals surface area contributed by atoms with Crippen molar-refractivity contribution in [3.8, 4) is 0 Å². The Balaban J connectivity index is 3.49. The Bertz CT molecular complexity index is 697. The average molecular weight is 666 g/mol. The van der Waals surface area contributed by atoms with E-state index >= 15 is 0 Å². The fourth-order valence-corrected chi connectivity index (χ4v) is 6.09. The number of unbranched alkanes of at least 4 members (excludes halogenated alkanes) is 24. The van der Waals surface area contributed by atoms with Crippen LogP contribution in [0.3, 0.4) is 0 Å². The molecule has 0 fully saturated rings. The van der Waals surface area contributed by atoms with Gasteiger partial charge in [0.1, 0.15) is 0 Å². The SMILES string of the molecule is CCCC/C=C\CCCCCCCC(=O)OCCCCCCCCCCCCC(=O)NC(CO)C(O)CCCCCCCCCCC. The Hall–Kier alpha value is -1.40. The van der Waals surface area contributed by atoms with Gasteiger partial charge in [0, 0.05) is 12.8 Å². The molecule has 0 rings (SSSR count). The molecule has 0 aliphatic rings. The Kier molecular flexibility index (Phi) is 36.3. The zero-order valence-corrected chi connectivity index (χ0v) is 31.3. The lowest BCUT2D eigenvalue weighted by molar-refractivity contribution is -0.143. The first-order chi connectivity index (χ1) is 23.0. The molecule has 1 amide bonds. The van der Waals surface area contributed by atoms with Crippen LogP contribution in [0.15, 0.2) is 12.2 Å². The summed E-state index contributed by atoms with van der Waals surface area (Å²) in [6.45, 7) is 4.82. The van der Waals surface area contributed by atoms with Crippen LogP contribution >= 0.6 is 0 Å². The van der Waals surface area contributed by atoms with Gasteiger partial charge in [0.15, 0.2) is 0 Å². The van der Waals surface area contributed by atoms with E-state index in [0.29, 0.717) is 25.9 Å². The van der Waals surface area contributed by atoms with Gasteiger partial charge in [-0.1, -0.05) is 167 Å². The summed E-state index contributed by atoms with van der Waals surface area (Å²) in [5.41, 5.74) is 0. The highest BCUT2D eigenvalue weighted by atomic mass is 16.5. The van der Waals surface area contributed by atoms with Gasteiger partial charge in [-0.25, -0.2) is 0 Å². The topological polar surface area (TPSA) is 95.9 Å². The Morgan fingerprint density at radius 1 is 0.574 bits per heavy atom. The van der Waals surface area contributed by atoms with Gasteiger partial charge in [0.2, 0.25) is 5.91 Å². The number of nitrogens with one attached hydrogen (secondary N) is 1. The van der Waals surface area contributed by atoms with Crippen LogP contribution in [-0.4, -0.2) is 47.4 Å². The molecule has 2 atom stereocenters. The van der Waals surface area contributed by atoms with Crippen molar-refractivity contribution in [2.75, 3.05) is 13.2 Å². The fraction of sp³-hybridized carbons (Fsp3) is 0.902. The predicted octanol–water partition coefficient (Wildman–Crippen LogP) is 11.1. The van der Waals surface area contributed by atoms with E-state index in [9.17, 15) is 19.8 Å². The maximum absolute atomic E-state index is 12.3. The third kappa shape index (κ3) is 34.3. The summed E-state index contributed by atoms with van der Waals surface area (Å²) in [6.07, 6.45) is 38.7. The summed E-state index contributed by atoms with van der Waals surface area (Å²) in [5, 5.41) is 23.0. The molecule has 6 nitrogen and oxygen atoms in total. The highest BCUT2D eigenvalue weighted by Gasteiger charge is 2.20. The number of hydrogen-bond acceptors (Lipinski definition) is 5. The molecular formula is C41H79NO5. The lowest BCUT2D eigenvalue weighted by Gasteiger charge is -2.22. The summed E-state index contributed by atoms with van der Waals surface area (Å²) in [7, 11) is 0. The predicted molar refractivity (Wildman–Crippen MR) is 200 cm³/mol. The first kappa shape index (κ1) is 45.6. The van der Waals surface area contributed by atoms with Gasteiger partial charge in [-0.2, -0.15) is 0 Å². The molecule has 0 aromatic heterocycles. The molecule has 0 heterocycles. The van der Waals surface area contributed by atoms with E-state index in [0.717, 1.165) is 57.8 Å². The summed E-state index contributed by atoms with van der Waals surface area (Å²) < 4.78 is 5.41. The third-order valence-corrected chi connectivity index (χ3v) is 9.31. The van der Waals surface area contributed by atoms with Crippen molar-refractivity contribution in [1.82, 2.24) is 5.32 Å². The van der Waals surface area contributed by atoms with E-state index in [1.165, 1.54) is 122 Å². The van der Waals surface area contributed by atoms with Gasteiger partial charge in [-0.05, 0) is 44.9 Å². The van der Waals surface area contributed by atoms with E-state index in [1.54, 1.807) is 0 Å². The lowest BCUT2D eigenvalue weighted by atomic mass is 10.0. The highest BCUT2D eigenvalue weighted by Crippen LogP contribution is 2.14. The van der Waals surface area contributed by atoms with Crippen LogP contribution < -0.4 is 5.32 Å². The first-order valence-electron chi connectivity index (χ1n) is 20.4. The van der Waals surface area contributed by atoms with Crippen molar-refractivity contribution >= 4 is 11.9 Å². The Labute approximate surface area is 291 Å². The molecule has 6 heteroatoms. The minimum Gasteiger partial charge on any atom is -0.466 e. The quantitative estimate of drug-likeness (QED) is 0.0349. The van der Waals surface area contributed by atoms with Crippen molar-refractivity contribution in [2.24, 2.45) is 0 Å². The molecule has 0 saturated carbocycles.